The molecule has 0 radical (unpaired) electrons. The molecule has 6 nitrogen and oxygen atoms in total. The second-order valence-electron chi connectivity index (χ2n) is 7.43. The summed E-state index contributed by atoms with van der Waals surface area (Å²) in [5.41, 5.74) is 2.07. The van der Waals surface area contributed by atoms with Gasteiger partial charge in [0.15, 0.2) is 0 Å². The molecule has 28 heavy (non-hydrogen) atoms. The molecule has 2 aliphatic heterocycles. The van der Waals surface area contributed by atoms with Crippen LogP contribution < -0.4 is 10.1 Å². The molecule has 0 unspecified atom stereocenters. The highest BCUT2D eigenvalue weighted by atomic mass is 32.2. The van der Waals surface area contributed by atoms with Gasteiger partial charge in [-0.1, -0.05) is 19.1 Å². The van der Waals surface area contributed by atoms with E-state index >= 15 is 0 Å². The maximum absolute atomic E-state index is 12.8. The van der Waals surface area contributed by atoms with Gasteiger partial charge < -0.3 is 10.1 Å². The van der Waals surface area contributed by atoms with E-state index in [-0.39, 0.29) is 22.8 Å². The van der Waals surface area contributed by atoms with Gasteiger partial charge in [0.05, 0.1) is 10.5 Å². The first-order valence-corrected chi connectivity index (χ1v) is 11.0. The number of ether oxygens (including phenoxy) is 1. The molecule has 2 aromatic carbocycles. The highest BCUT2D eigenvalue weighted by Crippen LogP contribution is 2.40. The van der Waals surface area contributed by atoms with Crippen LogP contribution in [-0.2, 0) is 10.0 Å². The van der Waals surface area contributed by atoms with Gasteiger partial charge in [-0.2, -0.15) is 4.31 Å². The molecule has 148 valence electrons. The Morgan fingerprint density at radius 3 is 2.43 bits per heavy atom. The third kappa shape index (κ3) is 3.29. The minimum atomic E-state index is -3.46. The molecular weight excluding hydrogens is 376 g/mol. The molecule has 1 saturated heterocycles. The zero-order valence-corrected chi connectivity index (χ0v) is 16.8. The van der Waals surface area contributed by atoms with Crippen molar-refractivity contribution in [2.75, 3.05) is 18.4 Å². The van der Waals surface area contributed by atoms with E-state index in [0.717, 1.165) is 18.4 Å². The van der Waals surface area contributed by atoms with Crippen molar-refractivity contribution in [1.29, 1.82) is 0 Å². The Morgan fingerprint density at radius 2 is 1.75 bits per heavy atom. The van der Waals surface area contributed by atoms with Gasteiger partial charge in [-0.3, -0.25) is 4.79 Å². The summed E-state index contributed by atoms with van der Waals surface area (Å²) in [6.45, 7) is 5.21. The van der Waals surface area contributed by atoms with Gasteiger partial charge >= 0.3 is 0 Å². The van der Waals surface area contributed by atoms with Crippen molar-refractivity contribution in [3.05, 3.63) is 53.6 Å². The van der Waals surface area contributed by atoms with E-state index in [2.05, 4.69) is 12.2 Å². The standard InChI is InChI=1S/C21H24N2O4S/c1-14-15(2)27-20-18(14)6-5-7-19(20)21(24)22-16-8-10-17(11-9-16)28(25,26)23-12-3-4-13-23/h5-11,14-15H,3-4,12-13H2,1-2H3,(H,22,24)/t14-,15-/m1/s1. The summed E-state index contributed by atoms with van der Waals surface area (Å²) in [6, 6.07) is 11.9. The van der Waals surface area contributed by atoms with Crippen LogP contribution in [0.2, 0.25) is 0 Å². The Labute approximate surface area is 165 Å². The Morgan fingerprint density at radius 1 is 1.07 bits per heavy atom. The normalized spacial score (nSPS) is 21.9. The quantitative estimate of drug-likeness (QED) is 0.851. The van der Waals surface area contributed by atoms with Gasteiger partial charge in [-0.25, -0.2) is 8.42 Å². The summed E-state index contributed by atoms with van der Waals surface area (Å²) in [5, 5.41) is 2.84. The van der Waals surface area contributed by atoms with Crippen molar-refractivity contribution in [2.45, 2.75) is 43.6 Å². The fourth-order valence-corrected chi connectivity index (χ4v) is 5.27. The van der Waals surface area contributed by atoms with Gasteiger partial charge in [0, 0.05) is 30.3 Å². The number of amides is 1. The second kappa shape index (κ2) is 7.22. The Bertz CT molecular complexity index is 996. The van der Waals surface area contributed by atoms with Crippen LogP contribution in [0.4, 0.5) is 5.69 Å². The lowest BCUT2D eigenvalue weighted by atomic mass is 9.97. The van der Waals surface area contributed by atoms with E-state index in [0.29, 0.717) is 30.1 Å². The smallest absolute Gasteiger partial charge is 0.259 e. The molecule has 0 bridgehead atoms. The monoisotopic (exact) mass is 400 g/mol. The molecule has 2 heterocycles. The lowest BCUT2D eigenvalue weighted by molar-refractivity contribution is 0.102. The van der Waals surface area contributed by atoms with Crippen LogP contribution >= 0.6 is 0 Å². The topological polar surface area (TPSA) is 75.7 Å². The summed E-state index contributed by atoms with van der Waals surface area (Å²) in [4.78, 5) is 13.0. The number of carbonyl (C=O) groups excluding carboxylic acids is 1. The first kappa shape index (κ1) is 19.0. The average Bonchev–Trinajstić information content (AvgIpc) is 3.32. The average molecular weight is 401 g/mol. The SMILES string of the molecule is C[C@H]1Oc2c(C(=O)Nc3ccc(S(=O)(=O)N4CCCC4)cc3)cccc2[C@@H]1C. The maximum Gasteiger partial charge on any atom is 0.259 e. The molecule has 2 aliphatic rings. The van der Waals surface area contributed by atoms with Crippen molar-refractivity contribution in [2.24, 2.45) is 0 Å². The number of anilines is 1. The largest absolute Gasteiger partial charge is 0.489 e. The molecule has 0 spiro atoms. The summed E-state index contributed by atoms with van der Waals surface area (Å²) in [6.07, 6.45) is 1.82. The third-order valence-corrected chi connectivity index (χ3v) is 7.52. The van der Waals surface area contributed by atoms with E-state index < -0.39 is 10.0 Å². The van der Waals surface area contributed by atoms with Crippen LogP contribution in [-0.4, -0.2) is 37.8 Å². The molecule has 4 rings (SSSR count). The number of benzene rings is 2. The van der Waals surface area contributed by atoms with E-state index in [4.69, 9.17) is 4.74 Å². The molecule has 1 amide bonds. The maximum atomic E-state index is 12.8. The van der Waals surface area contributed by atoms with Crippen LogP contribution in [0.15, 0.2) is 47.4 Å². The first-order chi connectivity index (χ1) is 13.4. The molecule has 2 atom stereocenters. The number of fused-ring (bicyclic) bond motifs is 1. The predicted octanol–water partition coefficient (Wildman–Crippen LogP) is 3.61. The minimum Gasteiger partial charge on any atom is -0.489 e. The summed E-state index contributed by atoms with van der Waals surface area (Å²) in [5.74, 6) is 0.597. The molecule has 1 fully saturated rings. The van der Waals surface area contributed by atoms with E-state index in [1.165, 1.54) is 4.31 Å². The molecule has 0 aliphatic carbocycles. The lowest BCUT2D eigenvalue weighted by Crippen LogP contribution is -2.27. The van der Waals surface area contributed by atoms with Crippen LogP contribution in [0.3, 0.4) is 0 Å². The summed E-state index contributed by atoms with van der Waals surface area (Å²) < 4.78 is 32.6. The number of carbonyl (C=O) groups is 1. The zero-order valence-electron chi connectivity index (χ0n) is 16.0. The van der Waals surface area contributed by atoms with E-state index in [9.17, 15) is 13.2 Å². The minimum absolute atomic E-state index is 0.0269. The van der Waals surface area contributed by atoms with Crippen LogP contribution in [0.5, 0.6) is 5.75 Å². The number of nitrogens with one attached hydrogen (secondary N) is 1. The number of hydrogen-bond donors (Lipinski definition) is 1. The Balaban J connectivity index is 1.52. The van der Waals surface area contributed by atoms with Crippen molar-refractivity contribution < 1.29 is 17.9 Å². The number of rotatable bonds is 4. The summed E-state index contributed by atoms with van der Waals surface area (Å²) in [7, 11) is -3.46. The molecule has 1 N–H and O–H groups in total. The molecule has 2 aromatic rings. The van der Waals surface area contributed by atoms with Gasteiger partial charge in [-0.05, 0) is 50.1 Å². The third-order valence-electron chi connectivity index (χ3n) is 5.60. The molecular formula is C21H24N2O4S. The van der Waals surface area contributed by atoms with Crippen LogP contribution in [0, 0.1) is 0 Å². The van der Waals surface area contributed by atoms with Crippen molar-refractivity contribution >= 4 is 21.6 Å². The first-order valence-electron chi connectivity index (χ1n) is 9.59. The Hall–Kier alpha value is -2.38. The fraction of sp³-hybridized carbons (Fsp3) is 0.381. The number of nitrogens with zero attached hydrogens (tertiary/aromatic N) is 1. The van der Waals surface area contributed by atoms with Gasteiger partial charge in [0.2, 0.25) is 10.0 Å². The van der Waals surface area contributed by atoms with Crippen LogP contribution in [0.1, 0.15) is 48.5 Å². The second-order valence-corrected chi connectivity index (χ2v) is 9.36. The molecule has 0 saturated carbocycles. The fourth-order valence-electron chi connectivity index (χ4n) is 3.75. The Kier molecular flexibility index (Phi) is 4.89. The number of sulfonamides is 1. The van der Waals surface area contributed by atoms with Crippen molar-refractivity contribution in [1.82, 2.24) is 4.31 Å². The van der Waals surface area contributed by atoms with Crippen molar-refractivity contribution in [3.63, 3.8) is 0 Å². The van der Waals surface area contributed by atoms with Gasteiger partial charge in [-0.15, -0.1) is 0 Å². The number of hydrogen-bond acceptors (Lipinski definition) is 4. The summed E-state index contributed by atoms with van der Waals surface area (Å²) >= 11 is 0. The van der Waals surface area contributed by atoms with E-state index in [1.807, 2.05) is 19.1 Å². The van der Waals surface area contributed by atoms with Gasteiger partial charge in [0.25, 0.3) is 5.91 Å². The van der Waals surface area contributed by atoms with E-state index in [1.54, 1.807) is 30.3 Å². The predicted molar refractivity (Wildman–Crippen MR) is 107 cm³/mol. The zero-order chi connectivity index (χ0) is 19.9. The lowest BCUT2D eigenvalue weighted by Gasteiger charge is -2.16. The van der Waals surface area contributed by atoms with Gasteiger partial charge in [0.1, 0.15) is 11.9 Å². The van der Waals surface area contributed by atoms with Crippen LogP contribution in [0.25, 0.3) is 0 Å². The highest BCUT2D eigenvalue weighted by molar-refractivity contribution is 7.89. The van der Waals surface area contributed by atoms with Crippen molar-refractivity contribution in [3.8, 4) is 5.75 Å². The number of para-hydroxylation sites is 1. The molecule has 7 heteroatoms. The molecule has 0 aromatic heterocycles. The highest BCUT2D eigenvalue weighted by Gasteiger charge is 2.31.